The van der Waals surface area contributed by atoms with E-state index in [0.717, 1.165) is 23.3 Å². The first-order chi connectivity index (χ1) is 11.4. The van der Waals surface area contributed by atoms with Gasteiger partial charge in [-0.05, 0) is 31.9 Å². The number of aryl methyl sites for hydroxylation is 1. The fraction of sp³-hybridized carbons (Fsp3) is 0.562. The van der Waals surface area contributed by atoms with Crippen molar-refractivity contribution < 1.29 is 13.2 Å². The fourth-order valence-electron chi connectivity index (χ4n) is 1.96. The topological polar surface area (TPSA) is 106 Å². The SMILES string of the molecule is CCCOc1cc(C)ccc1CN=C(NCC)NCCS(N)(=O)=O.I. The molecule has 0 amide bonds. The minimum absolute atomic E-state index is 0. The molecule has 1 aromatic rings. The molecule has 0 saturated carbocycles. The summed E-state index contributed by atoms with van der Waals surface area (Å²) in [6, 6.07) is 6.02. The molecule has 4 N–H and O–H groups in total. The van der Waals surface area contributed by atoms with Crippen LogP contribution in [0.15, 0.2) is 23.2 Å². The van der Waals surface area contributed by atoms with Crippen molar-refractivity contribution in [3.8, 4) is 5.75 Å². The number of hydrogen-bond donors (Lipinski definition) is 3. The van der Waals surface area contributed by atoms with Crippen LogP contribution in [0.3, 0.4) is 0 Å². The van der Waals surface area contributed by atoms with Gasteiger partial charge in [-0.1, -0.05) is 19.1 Å². The Bertz CT molecular complexity index is 651. The average molecular weight is 484 g/mol. The van der Waals surface area contributed by atoms with Crippen molar-refractivity contribution >= 4 is 40.0 Å². The van der Waals surface area contributed by atoms with E-state index in [9.17, 15) is 8.42 Å². The molecule has 1 aromatic carbocycles. The van der Waals surface area contributed by atoms with Gasteiger partial charge in [0.15, 0.2) is 5.96 Å². The lowest BCUT2D eigenvalue weighted by molar-refractivity contribution is 0.314. The van der Waals surface area contributed by atoms with E-state index in [1.54, 1.807) is 0 Å². The summed E-state index contributed by atoms with van der Waals surface area (Å²) in [5.41, 5.74) is 2.12. The minimum atomic E-state index is -3.49. The van der Waals surface area contributed by atoms with Crippen molar-refractivity contribution in [3.05, 3.63) is 29.3 Å². The van der Waals surface area contributed by atoms with Crippen LogP contribution in [-0.4, -0.2) is 39.8 Å². The van der Waals surface area contributed by atoms with E-state index in [1.807, 2.05) is 32.0 Å². The van der Waals surface area contributed by atoms with Gasteiger partial charge < -0.3 is 15.4 Å². The molecule has 1 rings (SSSR count). The molecule has 0 atom stereocenters. The molecular formula is C16H29IN4O3S. The van der Waals surface area contributed by atoms with Crippen LogP contribution in [-0.2, 0) is 16.6 Å². The Morgan fingerprint density at radius 1 is 1.28 bits per heavy atom. The summed E-state index contributed by atoms with van der Waals surface area (Å²) in [5.74, 6) is 1.23. The molecule has 0 aliphatic rings. The average Bonchev–Trinajstić information content (AvgIpc) is 2.50. The lowest BCUT2D eigenvalue weighted by Crippen LogP contribution is -2.40. The summed E-state index contributed by atoms with van der Waals surface area (Å²) in [4.78, 5) is 4.48. The maximum atomic E-state index is 11.0. The predicted molar refractivity (Wildman–Crippen MR) is 113 cm³/mol. The molecule has 0 heterocycles. The molecular weight excluding hydrogens is 455 g/mol. The van der Waals surface area contributed by atoms with Crippen LogP contribution >= 0.6 is 24.0 Å². The maximum absolute atomic E-state index is 11.0. The smallest absolute Gasteiger partial charge is 0.210 e. The number of sulfonamides is 1. The second kappa shape index (κ2) is 12.3. The van der Waals surface area contributed by atoms with Crippen molar-refractivity contribution in [3.63, 3.8) is 0 Å². The number of nitrogens with zero attached hydrogens (tertiary/aromatic N) is 1. The van der Waals surface area contributed by atoms with E-state index in [2.05, 4.69) is 22.5 Å². The first kappa shape index (κ1) is 23.9. The summed E-state index contributed by atoms with van der Waals surface area (Å²) in [5, 5.41) is 11.0. The highest BCUT2D eigenvalue weighted by Gasteiger charge is 2.06. The monoisotopic (exact) mass is 484 g/mol. The van der Waals surface area contributed by atoms with Crippen LogP contribution in [0.2, 0.25) is 0 Å². The molecule has 0 radical (unpaired) electrons. The van der Waals surface area contributed by atoms with Gasteiger partial charge in [-0.3, -0.25) is 0 Å². The maximum Gasteiger partial charge on any atom is 0.210 e. The quantitative estimate of drug-likeness (QED) is 0.281. The Balaban J connectivity index is 0.00000576. The summed E-state index contributed by atoms with van der Waals surface area (Å²) in [6.07, 6.45) is 0.939. The van der Waals surface area contributed by atoms with Crippen molar-refractivity contribution in [1.82, 2.24) is 10.6 Å². The number of aliphatic imine (C=N–C) groups is 1. The van der Waals surface area contributed by atoms with Gasteiger partial charge in [0.05, 0.1) is 18.9 Å². The summed E-state index contributed by atoms with van der Waals surface area (Å²) >= 11 is 0. The third-order valence-corrected chi connectivity index (χ3v) is 3.89. The number of benzene rings is 1. The Labute approximate surface area is 167 Å². The Morgan fingerprint density at radius 3 is 2.60 bits per heavy atom. The zero-order valence-corrected chi connectivity index (χ0v) is 18.2. The van der Waals surface area contributed by atoms with E-state index in [1.165, 1.54) is 0 Å². The lowest BCUT2D eigenvalue weighted by atomic mass is 10.1. The zero-order valence-electron chi connectivity index (χ0n) is 15.0. The highest BCUT2D eigenvalue weighted by Crippen LogP contribution is 2.21. The number of guanidine groups is 1. The number of primary sulfonamides is 1. The molecule has 0 aliphatic carbocycles. The normalized spacial score (nSPS) is 11.6. The number of ether oxygens (including phenoxy) is 1. The molecule has 144 valence electrons. The number of nitrogens with two attached hydrogens (primary N) is 1. The summed E-state index contributed by atoms with van der Waals surface area (Å²) < 4.78 is 27.8. The van der Waals surface area contributed by atoms with Crippen LogP contribution < -0.4 is 20.5 Å². The first-order valence-electron chi connectivity index (χ1n) is 8.10. The van der Waals surface area contributed by atoms with Gasteiger partial charge >= 0.3 is 0 Å². The van der Waals surface area contributed by atoms with Crippen LogP contribution in [0.1, 0.15) is 31.4 Å². The van der Waals surface area contributed by atoms with Crippen molar-refractivity contribution in [2.24, 2.45) is 10.1 Å². The molecule has 0 spiro atoms. The lowest BCUT2D eigenvalue weighted by Gasteiger charge is -2.13. The molecule has 0 bridgehead atoms. The number of hydrogen-bond acceptors (Lipinski definition) is 4. The van der Waals surface area contributed by atoms with Gasteiger partial charge in [0.2, 0.25) is 10.0 Å². The predicted octanol–water partition coefficient (Wildman–Crippen LogP) is 1.75. The van der Waals surface area contributed by atoms with Gasteiger partial charge in [-0.15, -0.1) is 24.0 Å². The molecule has 9 heteroatoms. The number of halogens is 1. The first-order valence-corrected chi connectivity index (χ1v) is 9.82. The van der Waals surface area contributed by atoms with Gasteiger partial charge in [0, 0.05) is 18.7 Å². The van der Waals surface area contributed by atoms with Gasteiger partial charge in [-0.2, -0.15) is 0 Å². The largest absolute Gasteiger partial charge is 0.493 e. The fourth-order valence-corrected chi connectivity index (χ4v) is 2.34. The number of nitrogens with one attached hydrogen (secondary N) is 2. The van der Waals surface area contributed by atoms with E-state index in [4.69, 9.17) is 9.88 Å². The second-order valence-electron chi connectivity index (χ2n) is 5.45. The van der Waals surface area contributed by atoms with E-state index < -0.39 is 10.0 Å². The van der Waals surface area contributed by atoms with Crippen molar-refractivity contribution in [1.29, 1.82) is 0 Å². The van der Waals surface area contributed by atoms with E-state index in [0.29, 0.717) is 25.7 Å². The third-order valence-electron chi connectivity index (χ3n) is 3.12. The highest BCUT2D eigenvalue weighted by molar-refractivity contribution is 14.0. The van der Waals surface area contributed by atoms with Gasteiger partial charge in [0.1, 0.15) is 5.75 Å². The summed E-state index contributed by atoms with van der Waals surface area (Å²) in [6.45, 7) is 8.00. The van der Waals surface area contributed by atoms with E-state index in [-0.39, 0.29) is 36.3 Å². The Morgan fingerprint density at radius 2 is 2.00 bits per heavy atom. The van der Waals surface area contributed by atoms with Crippen LogP contribution in [0.5, 0.6) is 5.75 Å². The van der Waals surface area contributed by atoms with Crippen molar-refractivity contribution in [2.75, 3.05) is 25.4 Å². The summed E-state index contributed by atoms with van der Waals surface area (Å²) in [7, 11) is -3.49. The molecule has 0 aromatic heterocycles. The zero-order chi connectivity index (χ0) is 18.0. The van der Waals surface area contributed by atoms with Crippen LogP contribution in [0, 0.1) is 6.92 Å². The second-order valence-corrected chi connectivity index (χ2v) is 7.18. The third kappa shape index (κ3) is 10.5. The van der Waals surface area contributed by atoms with E-state index >= 15 is 0 Å². The van der Waals surface area contributed by atoms with Gasteiger partial charge in [-0.25, -0.2) is 18.5 Å². The van der Waals surface area contributed by atoms with Crippen LogP contribution in [0.25, 0.3) is 0 Å². The molecule has 25 heavy (non-hydrogen) atoms. The molecule has 0 fully saturated rings. The molecule has 0 saturated heterocycles. The Hall–Kier alpha value is -1.07. The van der Waals surface area contributed by atoms with Gasteiger partial charge in [0.25, 0.3) is 0 Å². The Kier molecular flexibility index (Phi) is 11.8. The number of rotatable bonds is 9. The molecule has 0 unspecified atom stereocenters. The molecule has 0 aliphatic heterocycles. The minimum Gasteiger partial charge on any atom is -0.493 e. The highest BCUT2D eigenvalue weighted by atomic mass is 127. The van der Waals surface area contributed by atoms with Crippen molar-refractivity contribution in [2.45, 2.75) is 33.7 Å². The molecule has 7 nitrogen and oxygen atoms in total. The standard InChI is InChI=1S/C16H28N4O3S.HI/c1-4-9-23-15-11-13(3)6-7-14(15)12-20-16(18-5-2)19-8-10-24(17,21)22;/h6-7,11H,4-5,8-10,12H2,1-3H3,(H2,17,21,22)(H2,18,19,20);1H. The van der Waals surface area contributed by atoms with Crippen LogP contribution in [0.4, 0.5) is 0 Å².